The Hall–Kier alpha value is -4.86. The predicted octanol–water partition coefficient (Wildman–Crippen LogP) is 5.64. The molecule has 3 aromatic carbocycles. The summed E-state index contributed by atoms with van der Waals surface area (Å²) < 4.78 is 0. The number of nitro benzene ring substituents is 1. The van der Waals surface area contributed by atoms with Gasteiger partial charge in [-0.3, -0.25) is 10.1 Å². The van der Waals surface area contributed by atoms with Gasteiger partial charge in [-0.25, -0.2) is 5.43 Å². The molecule has 0 fully saturated rings. The molecule has 0 aliphatic heterocycles. The monoisotopic (exact) mass is 468 g/mol. The number of nitro groups is 1. The number of hydrogen-bond donors (Lipinski definition) is 3. The first kappa shape index (κ1) is 23.3. The molecule has 0 unspecified atom stereocenters. The van der Waals surface area contributed by atoms with Crippen molar-refractivity contribution in [1.29, 1.82) is 0 Å². The summed E-state index contributed by atoms with van der Waals surface area (Å²) in [5, 5.41) is 21.4. The fourth-order valence-electron chi connectivity index (χ4n) is 3.10. The molecule has 4 aromatic rings. The Morgan fingerprint density at radius 3 is 2.00 bits per heavy atom. The highest BCUT2D eigenvalue weighted by atomic mass is 16.6. The third-order valence-corrected chi connectivity index (χ3v) is 5.19. The molecule has 0 saturated heterocycles. The van der Waals surface area contributed by atoms with Crippen LogP contribution in [-0.4, -0.2) is 26.1 Å². The van der Waals surface area contributed by atoms with Gasteiger partial charge in [-0.2, -0.15) is 20.1 Å². The number of nitrogens with zero attached hydrogens (tertiary/aromatic N) is 5. The molecule has 0 radical (unpaired) electrons. The largest absolute Gasteiger partial charge is 0.324 e. The van der Waals surface area contributed by atoms with Crippen LogP contribution >= 0.6 is 0 Å². The van der Waals surface area contributed by atoms with Crippen LogP contribution in [0.5, 0.6) is 0 Å². The highest BCUT2D eigenvalue weighted by Gasteiger charge is 2.09. The summed E-state index contributed by atoms with van der Waals surface area (Å²) in [5.41, 5.74) is 8.66. The van der Waals surface area contributed by atoms with E-state index in [0.29, 0.717) is 11.6 Å². The first-order valence-electron chi connectivity index (χ1n) is 10.8. The smallest absolute Gasteiger partial charge is 0.269 e. The summed E-state index contributed by atoms with van der Waals surface area (Å²) >= 11 is 0. The Morgan fingerprint density at radius 2 is 1.37 bits per heavy atom. The van der Waals surface area contributed by atoms with E-state index in [1.54, 1.807) is 18.3 Å². The van der Waals surface area contributed by atoms with Gasteiger partial charge in [0.25, 0.3) is 5.69 Å². The molecule has 1 aromatic heterocycles. The third-order valence-electron chi connectivity index (χ3n) is 5.19. The van der Waals surface area contributed by atoms with E-state index in [9.17, 15) is 10.1 Å². The Kier molecular flexibility index (Phi) is 6.91. The average molecular weight is 469 g/mol. The van der Waals surface area contributed by atoms with E-state index in [0.717, 1.165) is 22.4 Å². The minimum atomic E-state index is -0.452. The molecular weight excluding hydrogens is 444 g/mol. The van der Waals surface area contributed by atoms with Gasteiger partial charge in [0, 0.05) is 23.5 Å². The molecule has 35 heavy (non-hydrogen) atoms. The maximum atomic E-state index is 10.9. The zero-order valence-corrected chi connectivity index (χ0v) is 19.5. The van der Waals surface area contributed by atoms with Crippen LogP contribution < -0.4 is 16.1 Å². The van der Waals surface area contributed by atoms with Crippen LogP contribution in [0.15, 0.2) is 71.8 Å². The summed E-state index contributed by atoms with van der Waals surface area (Å²) in [6.45, 7) is 6.10. The van der Waals surface area contributed by atoms with Gasteiger partial charge in [-0.1, -0.05) is 35.9 Å². The van der Waals surface area contributed by atoms with Crippen molar-refractivity contribution in [3.05, 3.63) is 99.1 Å². The standard InChI is InChI=1S/C25H24N8O2/c1-16-4-7-19(8-5-16)15-26-32-25-30-23(27-20-10-12-22(13-11-20)33(34)35)29-24(31-25)28-21-9-6-17(2)18(3)14-21/h4-15H,1-3H3,(H3,27,28,29,30,31,32)/b26-15-. The van der Waals surface area contributed by atoms with Gasteiger partial charge in [-0.05, 0) is 61.7 Å². The Labute approximate surface area is 202 Å². The molecule has 0 atom stereocenters. The summed E-state index contributed by atoms with van der Waals surface area (Å²) in [6, 6.07) is 19.9. The highest BCUT2D eigenvalue weighted by molar-refractivity contribution is 5.80. The third kappa shape index (κ3) is 6.35. The number of aromatic nitrogens is 3. The maximum Gasteiger partial charge on any atom is 0.269 e. The molecule has 176 valence electrons. The van der Waals surface area contributed by atoms with E-state index in [4.69, 9.17) is 0 Å². The summed E-state index contributed by atoms with van der Waals surface area (Å²) in [6.07, 6.45) is 1.67. The summed E-state index contributed by atoms with van der Waals surface area (Å²) in [4.78, 5) is 23.7. The quantitative estimate of drug-likeness (QED) is 0.172. The fraction of sp³-hybridized carbons (Fsp3) is 0.120. The molecule has 0 amide bonds. The number of hydrogen-bond acceptors (Lipinski definition) is 9. The van der Waals surface area contributed by atoms with E-state index in [2.05, 4.69) is 36.1 Å². The average Bonchev–Trinajstić information content (AvgIpc) is 2.83. The van der Waals surface area contributed by atoms with E-state index in [-0.39, 0.29) is 17.6 Å². The maximum absolute atomic E-state index is 10.9. The van der Waals surface area contributed by atoms with Gasteiger partial charge in [0.15, 0.2) is 0 Å². The van der Waals surface area contributed by atoms with Crippen LogP contribution in [0.2, 0.25) is 0 Å². The normalized spacial score (nSPS) is 10.8. The van der Waals surface area contributed by atoms with Crippen molar-refractivity contribution in [2.24, 2.45) is 5.10 Å². The van der Waals surface area contributed by atoms with Crippen LogP contribution in [0.1, 0.15) is 22.3 Å². The van der Waals surface area contributed by atoms with E-state index in [1.165, 1.54) is 17.7 Å². The topological polar surface area (TPSA) is 130 Å². The van der Waals surface area contributed by atoms with Crippen molar-refractivity contribution in [2.45, 2.75) is 20.8 Å². The molecule has 3 N–H and O–H groups in total. The van der Waals surface area contributed by atoms with Crippen LogP contribution in [0, 0.1) is 30.9 Å². The first-order chi connectivity index (χ1) is 16.9. The van der Waals surface area contributed by atoms with Gasteiger partial charge in [0.2, 0.25) is 17.8 Å². The second-order valence-electron chi connectivity index (χ2n) is 7.94. The van der Waals surface area contributed by atoms with Crippen molar-refractivity contribution in [2.75, 3.05) is 16.1 Å². The van der Waals surface area contributed by atoms with E-state index < -0.39 is 4.92 Å². The van der Waals surface area contributed by atoms with Crippen molar-refractivity contribution in [3.8, 4) is 0 Å². The van der Waals surface area contributed by atoms with Gasteiger partial charge >= 0.3 is 0 Å². The van der Waals surface area contributed by atoms with Crippen molar-refractivity contribution < 1.29 is 4.92 Å². The fourth-order valence-corrected chi connectivity index (χ4v) is 3.10. The Morgan fingerprint density at radius 1 is 0.771 bits per heavy atom. The number of benzene rings is 3. The Balaban J connectivity index is 1.59. The van der Waals surface area contributed by atoms with Crippen molar-refractivity contribution >= 4 is 41.1 Å². The second kappa shape index (κ2) is 10.4. The van der Waals surface area contributed by atoms with E-state index >= 15 is 0 Å². The van der Waals surface area contributed by atoms with Crippen molar-refractivity contribution in [1.82, 2.24) is 15.0 Å². The number of aryl methyl sites for hydroxylation is 3. The minimum absolute atomic E-state index is 0.00362. The second-order valence-corrected chi connectivity index (χ2v) is 7.94. The molecular formula is C25H24N8O2. The SMILES string of the molecule is Cc1ccc(/C=N\Nc2nc(Nc3ccc([N+](=O)[O-])cc3)nc(Nc3ccc(C)c(C)c3)n2)cc1. The zero-order chi connectivity index (χ0) is 24.8. The predicted molar refractivity (Wildman–Crippen MR) is 138 cm³/mol. The van der Waals surface area contributed by atoms with Crippen molar-refractivity contribution in [3.63, 3.8) is 0 Å². The molecule has 0 aliphatic carbocycles. The van der Waals surface area contributed by atoms with Crippen LogP contribution in [0.25, 0.3) is 0 Å². The molecule has 0 bridgehead atoms. The first-order valence-corrected chi connectivity index (χ1v) is 10.8. The van der Waals surface area contributed by atoms with Gasteiger partial charge < -0.3 is 10.6 Å². The van der Waals surface area contributed by atoms with Crippen LogP contribution in [0.3, 0.4) is 0 Å². The number of non-ortho nitro benzene ring substituents is 1. The van der Waals surface area contributed by atoms with Crippen LogP contribution in [-0.2, 0) is 0 Å². The minimum Gasteiger partial charge on any atom is -0.324 e. The molecule has 1 heterocycles. The lowest BCUT2D eigenvalue weighted by atomic mass is 10.1. The molecule has 4 rings (SSSR count). The Bertz CT molecular complexity index is 1370. The van der Waals surface area contributed by atoms with Gasteiger partial charge in [0.1, 0.15) is 0 Å². The molecule has 10 heteroatoms. The number of anilines is 5. The lowest BCUT2D eigenvalue weighted by Crippen LogP contribution is -2.07. The number of hydrazone groups is 1. The van der Waals surface area contributed by atoms with Crippen LogP contribution in [0.4, 0.5) is 34.9 Å². The number of nitrogens with one attached hydrogen (secondary N) is 3. The lowest BCUT2D eigenvalue weighted by Gasteiger charge is -2.11. The molecule has 0 spiro atoms. The van der Waals surface area contributed by atoms with Gasteiger partial charge in [0.05, 0.1) is 11.1 Å². The zero-order valence-electron chi connectivity index (χ0n) is 19.5. The highest BCUT2D eigenvalue weighted by Crippen LogP contribution is 2.22. The summed E-state index contributed by atoms with van der Waals surface area (Å²) in [7, 11) is 0. The molecule has 0 saturated carbocycles. The molecule has 10 nitrogen and oxygen atoms in total. The lowest BCUT2D eigenvalue weighted by molar-refractivity contribution is -0.384. The summed E-state index contributed by atoms with van der Waals surface area (Å²) in [5.74, 6) is 0.771. The number of rotatable bonds is 8. The van der Waals surface area contributed by atoms with Gasteiger partial charge in [-0.15, -0.1) is 0 Å². The molecule has 0 aliphatic rings. The van der Waals surface area contributed by atoms with E-state index in [1.807, 2.05) is 63.2 Å².